The highest BCUT2D eigenvalue weighted by molar-refractivity contribution is 6.13. The minimum absolute atomic E-state index is 0.0936. The second kappa shape index (κ2) is 10.6. The first-order valence-electron chi connectivity index (χ1n) is 16.4. The summed E-state index contributed by atoms with van der Waals surface area (Å²) in [7, 11) is 0. The van der Waals surface area contributed by atoms with Crippen molar-refractivity contribution >= 4 is 38.9 Å². The molecule has 1 heterocycles. The fraction of sp³-hybridized carbons (Fsp3) is 0.0667. The third-order valence-corrected chi connectivity index (χ3v) is 9.97. The predicted octanol–water partition coefficient (Wildman–Crippen LogP) is 12.2. The molecule has 0 saturated carbocycles. The van der Waals surface area contributed by atoms with Crippen LogP contribution < -0.4 is 4.90 Å². The predicted molar refractivity (Wildman–Crippen MR) is 198 cm³/mol. The summed E-state index contributed by atoms with van der Waals surface area (Å²) in [6.45, 7) is 4.72. The molecule has 2 heteroatoms. The number of fused-ring (bicyclic) bond motifs is 6. The van der Waals surface area contributed by atoms with Crippen molar-refractivity contribution in [3.63, 3.8) is 0 Å². The molecule has 224 valence electrons. The molecule has 0 radical (unpaired) electrons. The quantitative estimate of drug-likeness (QED) is 0.190. The number of nitrogens with zero attached hydrogens (tertiary/aromatic N) is 2. The highest BCUT2D eigenvalue weighted by atomic mass is 15.1. The van der Waals surface area contributed by atoms with Crippen molar-refractivity contribution in [3.8, 4) is 27.9 Å². The molecule has 0 aliphatic heterocycles. The molecule has 0 saturated heterocycles. The number of benzene rings is 7. The molecule has 0 bridgehead atoms. The first-order chi connectivity index (χ1) is 23.1. The van der Waals surface area contributed by atoms with Crippen molar-refractivity contribution < 1.29 is 0 Å². The van der Waals surface area contributed by atoms with Gasteiger partial charge < -0.3 is 9.47 Å². The topological polar surface area (TPSA) is 8.17 Å². The number of aromatic nitrogens is 1. The summed E-state index contributed by atoms with van der Waals surface area (Å²) in [5.74, 6) is 0. The van der Waals surface area contributed by atoms with Crippen LogP contribution in [-0.2, 0) is 5.41 Å². The molecular weight excluding hydrogens is 569 g/mol. The van der Waals surface area contributed by atoms with Crippen molar-refractivity contribution in [1.29, 1.82) is 0 Å². The molecule has 0 atom stereocenters. The van der Waals surface area contributed by atoms with Crippen LogP contribution in [0.25, 0.3) is 49.7 Å². The van der Waals surface area contributed by atoms with E-state index in [1.807, 2.05) is 0 Å². The zero-order chi connectivity index (χ0) is 31.5. The van der Waals surface area contributed by atoms with E-state index < -0.39 is 0 Å². The summed E-state index contributed by atoms with van der Waals surface area (Å²) in [4.78, 5) is 2.43. The monoisotopic (exact) mass is 602 g/mol. The Bertz CT molecular complexity index is 2380. The SMILES string of the molecule is CC1(C)c2ccccc2-c2c(-c3cc4c(cc3N(c3ccccc3)c3ccccc3)c3ccccc3n4-c3ccccc3)cccc21. The molecule has 47 heavy (non-hydrogen) atoms. The molecule has 0 N–H and O–H groups in total. The molecule has 0 spiro atoms. The Morgan fingerprint density at radius 3 is 1.74 bits per heavy atom. The number of para-hydroxylation sites is 4. The zero-order valence-corrected chi connectivity index (χ0v) is 26.6. The second-order valence-electron chi connectivity index (χ2n) is 13.0. The van der Waals surface area contributed by atoms with Crippen LogP contribution in [0.15, 0.2) is 170 Å². The molecule has 8 aromatic rings. The Labute approximate surface area is 275 Å². The maximum atomic E-state index is 2.44. The lowest BCUT2D eigenvalue weighted by Gasteiger charge is -2.29. The van der Waals surface area contributed by atoms with Crippen molar-refractivity contribution in [2.75, 3.05) is 4.90 Å². The van der Waals surface area contributed by atoms with Crippen molar-refractivity contribution in [2.45, 2.75) is 19.3 Å². The van der Waals surface area contributed by atoms with E-state index in [0.717, 1.165) is 22.7 Å². The third-order valence-electron chi connectivity index (χ3n) is 9.97. The van der Waals surface area contributed by atoms with Crippen LogP contribution in [0.3, 0.4) is 0 Å². The van der Waals surface area contributed by atoms with Crippen LogP contribution in [0.5, 0.6) is 0 Å². The van der Waals surface area contributed by atoms with E-state index >= 15 is 0 Å². The van der Waals surface area contributed by atoms with Gasteiger partial charge in [-0.3, -0.25) is 0 Å². The Kier molecular flexibility index (Phi) is 6.20. The first kappa shape index (κ1) is 27.5. The summed E-state index contributed by atoms with van der Waals surface area (Å²) < 4.78 is 2.42. The van der Waals surface area contributed by atoms with Crippen LogP contribution in [0, 0.1) is 0 Å². The van der Waals surface area contributed by atoms with Crippen molar-refractivity contribution in [2.24, 2.45) is 0 Å². The van der Waals surface area contributed by atoms with Gasteiger partial charge in [-0.25, -0.2) is 0 Å². The third kappa shape index (κ3) is 4.18. The molecule has 1 aliphatic rings. The summed E-state index contributed by atoms with van der Waals surface area (Å²) >= 11 is 0. The zero-order valence-electron chi connectivity index (χ0n) is 26.6. The highest BCUT2D eigenvalue weighted by Gasteiger charge is 2.37. The van der Waals surface area contributed by atoms with Gasteiger partial charge in [0.2, 0.25) is 0 Å². The molecule has 0 unspecified atom stereocenters. The molecular formula is C45H34N2. The van der Waals surface area contributed by atoms with Gasteiger partial charge in [-0.15, -0.1) is 0 Å². The average molecular weight is 603 g/mol. The number of hydrogen-bond donors (Lipinski definition) is 0. The van der Waals surface area contributed by atoms with Gasteiger partial charge in [0.15, 0.2) is 0 Å². The lowest BCUT2D eigenvalue weighted by atomic mass is 9.82. The Balaban J connectivity index is 1.45. The van der Waals surface area contributed by atoms with Crippen LogP contribution in [-0.4, -0.2) is 4.57 Å². The Hall–Kier alpha value is -5.86. The van der Waals surface area contributed by atoms with Gasteiger partial charge in [0.1, 0.15) is 0 Å². The standard InChI is InChI=1S/C45H34N2/c1-45(2)39-26-14-12-24-36(39)44-35(25-16-27-40(44)45)38-30-43-37(34-23-13-15-28-41(34)47(43)33-21-10-5-11-22-33)29-42(38)46(31-17-6-3-7-18-31)32-19-8-4-9-20-32/h3-30H,1-2H3. The van der Waals surface area contributed by atoms with E-state index in [2.05, 4.69) is 193 Å². The molecule has 0 fully saturated rings. The summed E-state index contributed by atoms with van der Waals surface area (Å²) in [6, 6.07) is 61.8. The van der Waals surface area contributed by atoms with Gasteiger partial charge in [0.25, 0.3) is 0 Å². The lowest BCUT2D eigenvalue weighted by molar-refractivity contribution is 0.660. The van der Waals surface area contributed by atoms with E-state index in [-0.39, 0.29) is 5.41 Å². The summed E-state index contributed by atoms with van der Waals surface area (Å²) in [5.41, 5.74) is 14.7. The van der Waals surface area contributed by atoms with Gasteiger partial charge in [-0.05, 0) is 82.4 Å². The average Bonchev–Trinajstić information content (AvgIpc) is 3.57. The van der Waals surface area contributed by atoms with Gasteiger partial charge in [-0.1, -0.05) is 129 Å². The summed E-state index contributed by atoms with van der Waals surface area (Å²) in [5, 5.41) is 2.47. The van der Waals surface area contributed by atoms with Crippen LogP contribution >= 0.6 is 0 Å². The molecule has 1 aromatic heterocycles. The van der Waals surface area contributed by atoms with Gasteiger partial charge in [0, 0.05) is 38.8 Å². The van der Waals surface area contributed by atoms with E-state index in [4.69, 9.17) is 0 Å². The number of rotatable bonds is 5. The fourth-order valence-electron chi connectivity index (χ4n) is 7.82. The van der Waals surface area contributed by atoms with Gasteiger partial charge >= 0.3 is 0 Å². The van der Waals surface area contributed by atoms with Crippen LogP contribution in [0.2, 0.25) is 0 Å². The second-order valence-corrected chi connectivity index (χ2v) is 13.0. The number of anilines is 3. The maximum absolute atomic E-state index is 2.44. The molecule has 9 rings (SSSR count). The molecule has 2 nitrogen and oxygen atoms in total. The number of hydrogen-bond acceptors (Lipinski definition) is 1. The summed E-state index contributed by atoms with van der Waals surface area (Å²) in [6.07, 6.45) is 0. The Morgan fingerprint density at radius 2 is 1.02 bits per heavy atom. The maximum Gasteiger partial charge on any atom is 0.0548 e. The van der Waals surface area contributed by atoms with Crippen LogP contribution in [0.4, 0.5) is 17.1 Å². The van der Waals surface area contributed by atoms with Gasteiger partial charge in [0.05, 0.1) is 16.7 Å². The first-order valence-corrected chi connectivity index (χ1v) is 16.4. The van der Waals surface area contributed by atoms with E-state index in [9.17, 15) is 0 Å². The molecule has 1 aliphatic carbocycles. The molecule has 7 aromatic carbocycles. The molecule has 0 amide bonds. The lowest BCUT2D eigenvalue weighted by Crippen LogP contribution is -2.15. The largest absolute Gasteiger partial charge is 0.310 e. The minimum atomic E-state index is -0.0936. The fourth-order valence-corrected chi connectivity index (χ4v) is 7.82. The van der Waals surface area contributed by atoms with E-state index in [0.29, 0.717) is 0 Å². The highest BCUT2D eigenvalue weighted by Crippen LogP contribution is 2.54. The van der Waals surface area contributed by atoms with Crippen LogP contribution in [0.1, 0.15) is 25.0 Å². The van der Waals surface area contributed by atoms with E-state index in [1.54, 1.807) is 0 Å². The van der Waals surface area contributed by atoms with Gasteiger partial charge in [-0.2, -0.15) is 0 Å². The Morgan fingerprint density at radius 1 is 0.447 bits per heavy atom. The van der Waals surface area contributed by atoms with Crippen molar-refractivity contribution in [3.05, 3.63) is 181 Å². The van der Waals surface area contributed by atoms with Crippen molar-refractivity contribution in [1.82, 2.24) is 4.57 Å². The normalized spacial score (nSPS) is 13.1. The minimum Gasteiger partial charge on any atom is -0.310 e. The van der Waals surface area contributed by atoms with E-state index in [1.165, 1.54) is 55.2 Å². The smallest absolute Gasteiger partial charge is 0.0548 e.